The average Bonchev–Trinajstić information content (AvgIpc) is 2.82. The fourth-order valence-corrected chi connectivity index (χ4v) is 1.71. The number of carbonyl (C=O) groups excluding carboxylic acids is 4. The van der Waals surface area contributed by atoms with Gasteiger partial charge in [0.25, 0.3) is 0 Å². The van der Waals surface area contributed by atoms with E-state index in [4.69, 9.17) is 9.84 Å². The van der Waals surface area contributed by atoms with Gasteiger partial charge in [-0.25, -0.2) is 14.4 Å². The summed E-state index contributed by atoms with van der Waals surface area (Å²) in [7, 11) is 1.33. The maximum absolute atomic E-state index is 10.8. The minimum atomic E-state index is -0.455. The lowest BCUT2D eigenvalue weighted by Gasteiger charge is -2.13. The number of esters is 4. The highest BCUT2D eigenvalue weighted by molar-refractivity contribution is 5.87. The summed E-state index contributed by atoms with van der Waals surface area (Å²) in [4.78, 5) is 41.2. The van der Waals surface area contributed by atoms with E-state index in [1.54, 1.807) is 13.8 Å². The third-order valence-electron chi connectivity index (χ3n) is 3.63. The summed E-state index contributed by atoms with van der Waals surface area (Å²) < 4.78 is 17.9. The molecule has 0 aliphatic rings. The zero-order valence-corrected chi connectivity index (χ0v) is 22.2. The van der Waals surface area contributed by atoms with Gasteiger partial charge in [0.05, 0.1) is 26.6 Å². The number of methoxy groups -OCH3 is 1. The summed E-state index contributed by atoms with van der Waals surface area (Å²) in [5.41, 5.74) is 0.783. The molecular weight excluding hydrogens is 456 g/mol. The zero-order chi connectivity index (χ0) is 28.2. The number of ether oxygens (including phenoxy) is 4. The molecule has 0 amide bonds. The van der Waals surface area contributed by atoms with Crippen molar-refractivity contribution in [1.82, 2.24) is 0 Å². The van der Waals surface area contributed by atoms with Crippen molar-refractivity contribution in [1.29, 1.82) is 0 Å². The summed E-state index contributed by atoms with van der Waals surface area (Å²) in [6.45, 7) is 22.4. The molecule has 0 heterocycles. The third kappa shape index (κ3) is 35.6. The first kappa shape index (κ1) is 39.0. The Morgan fingerprint density at radius 2 is 1.49 bits per heavy atom. The van der Waals surface area contributed by atoms with Crippen LogP contribution in [-0.2, 0) is 38.1 Å². The quantitative estimate of drug-likeness (QED) is 0.179. The van der Waals surface area contributed by atoms with E-state index in [1.807, 2.05) is 0 Å². The highest BCUT2D eigenvalue weighted by Crippen LogP contribution is 2.12. The van der Waals surface area contributed by atoms with E-state index in [9.17, 15) is 19.2 Å². The molecule has 0 aromatic carbocycles. The number of unbranched alkanes of at least 4 members (excludes halogenated alkanes) is 1. The van der Waals surface area contributed by atoms with Gasteiger partial charge in [0, 0.05) is 24.1 Å². The molecule has 0 bridgehead atoms. The van der Waals surface area contributed by atoms with Crippen LogP contribution in [0.1, 0.15) is 60.3 Å². The monoisotopic (exact) mass is 500 g/mol. The minimum absolute atomic E-state index is 0.0473. The maximum atomic E-state index is 10.8. The Hall–Kier alpha value is -3.20. The van der Waals surface area contributed by atoms with Crippen LogP contribution in [0, 0.1) is 5.92 Å². The van der Waals surface area contributed by atoms with Crippen LogP contribution in [0.3, 0.4) is 0 Å². The smallest absolute Gasteiger partial charge is 0.333 e. The Kier molecular flexibility index (Phi) is 32.2. The molecule has 1 atom stereocenters. The molecule has 35 heavy (non-hydrogen) atoms. The van der Waals surface area contributed by atoms with Crippen molar-refractivity contribution in [3.05, 3.63) is 49.8 Å². The van der Waals surface area contributed by atoms with Crippen LogP contribution in [0.15, 0.2) is 49.8 Å². The van der Waals surface area contributed by atoms with Gasteiger partial charge in [-0.05, 0) is 26.2 Å². The molecule has 1 unspecified atom stereocenters. The van der Waals surface area contributed by atoms with Gasteiger partial charge in [-0.2, -0.15) is 0 Å². The van der Waals surface area contributed by atoms with E-state index >= 15 is 0 Å². The van der Waals surface area contributed by atoms with Gasteiger partial charge in [-0.15, -0.1) is 0 Å². The lowest BCUT2D eigenvalue weighted by atomic mass is 10.0. The number of rotatable bonds is 12. The Morgan fingerprint density at radius 1 is 0.943 bits per heavy atom. The van der Waals surface area contributed by atoms with Crippen molar-refractivity contribution in [2.75, 3.05) is 26.9 Å². The molecule has 1 N–H and O–H groups in total. The lowest BCUT2D eigenvalue weighted by Crippen LogP contribution is -2.12. The Morgan fingerprint density at radius 3 is 1.74 bits per heavy atom. The van der Waals surface area contributed by atoms with Crippen LogP contribution in [0.2, 0.25) is 0 Å². The number of aliphatic hydroxyl groups excluding tert-OH is 1. The molecule has 0 aromatic heterocycles. The maximum Gasteiger partial charge on any atom is 0.333 e. The summed E-state index contributed by atoms with van der Waals surface area (Å²) in [5, 5.41) is 8.19. The molecule has 0 radical (unpaired) electrons. The lowest BCUT2D eigenvalue weighted by molar-refractivity contribution is -0.140. The molecular formula is C26H44O9. The molecule has 0 spiro atoms. The number of aliphatic hydroxyl groups is 1. The van der Waals surface area contributed by atoms with E-state index in [0.29, 0.717) is 23.7 Å². The van der Waals surface area contributed by atoms with Crippen LogP contribution in [0.4, 0.5) is 0 Å². The average molecular weight is 501 g/mol. The number of carbonyl (C=O) groups is 4. The van der Waals surface area contributed by atoms with Crippen LogP contribution in [-0.4, -0.2) is 55.9 Å². The number of hydrogen-bond donors (Lipinski definition) is 1. The van der Waals surface area contributed by atoms with Crippen molar-refractivity contribution in [3.63, 3.8) is 0 Å². The fraction of sp³-hybridized carbons (Fsp3) is 0.538. The second kappa shape index (κ2) is 28.8. The van der Waals surface area contributed by atoms with E-state index in [0.717, 1.165) is 19.1 Å². The Labute approximate surface area is 210 Å². The van der Waals surface area contributed by atoms with Crippen molar-refractivity contribution >= 4 is 23.9 Å². The molecule has 202 valence electrons. The predicted molar refractivity (Wildman–Crippen MR) is 136 cm³/mol. The highest BCUT2D eigenvalue weighted by Gasteiger charge is 2.07. The molecule has 0 saturated heterocycles. The highest BCUT2D eigenvalue weighted by atomic mass is 16.5. The SMILES string of the molecule is C=C(C)C(=O)OC.C=C(C)C(=O)OCCO.C=CC(=O)OCC(CC)CCCC.C=COC(C)=O. The van der Waals surface area contributed by atoms with Gasteiger partial charge in [0.1, 0.15) is 6.61 Å². The standard InChI is InChI=1S/C11H20O2.C6H10O3.C5H8O2.C4H6O2/c1-4-7-8-10(5-2)9-13-11(12)6-3;1-5(2)6(8)9-4-3-7;1-4(2)5(6)7-3;1-3-6-4(2)5/h6,10H,3-5,7-9H2,1-2H3;7H,1,3-4H2,2H3;1H2,2-3H3;3H,1H2,2H3. The van der Waals surface area contributed by atoms with Gasteiger partial charge in [0.15, 0.2) is 0 Å². The van der Waals surface area contributed by atoms with Gasteiger partial charge < -0.3 is 24.1 Å². The summed E-state index contributed by atoms with van der Waals surface area (Å²) in [6.07, 6.45) is 6.95. The molecule has 0 aromatic rings. The molecule has 0 aliphatic carbocycles. The summed E-state index contributed by atoms with van der Waals surface area (Å²) in [5.74, 6) is -0.923. The van der Waals surface area contributed by atoms with E-state index in [1.165, 1.54) is 33.0 Å². The van der Waals surface area contributed by atoms with Gasteiger partial charge >= 0.3 is 23.9 Å². The number of hydrogen-bond acceptors (Lipinski definition) is 9. The first-order valence-electron chi connectivity index (χ1n) is 11.1. The van der Waals surface area contributed by atoms with Crippen molar-refractivity contribution < 1.29 is 43.2 Å². The first-order chi connectivity index (χ1) is 16.4. The van der Waals surface area contributed by atoms with Crippen LogP contribution in [0.25, 0.3) is 0 Å². The van der Waals surface area contributed by atoms with Gasteiger partial charge in [-0.1, -0.05) is 59.4 Å². The Balaban J connectivity index is -0.000000192. The molecule has 0 aliphatic heterocycles. The van der Waals surface area contributed by atoms with Crippen molar-refractivity contribution in [3.8, 4) is 0 Å². The van der Waals surface area contributed by atoms with Crippen LogP contribution in [0.5, 0.6) is 0 Å². The van der Waals surface area contributed by atoms with E-state index in [2.05, 4.69) is 54.4 Å². The molecule has 9 heteroatoms. The normalized spacial score (nSPS) is 9.46. The van der Waals surface area contributed by atoms with Crippen LogP contribution >= 0.6 is 0 Å². The minimum Gasteiger partial charge on any atom is -0.466 e. The summed E-state index contributed by atoms with van der Waals surface area (Å²) >= 11 is 0. The van der Waals surface area contributed by atoms with Gasteiger partial charge in [-0.3, -0.25) is 4.79 Å². The summed E-state index contributed by atoms with van der Waals surface area (Å²) in [6, 6.07) is 0. The van der Waals surface area contributed by atoms with Crippen LogP contribution < -0.4 is 0 Å². The van der Waals surface area contributed by atoms with E-state index < -0.39 is 5.97 Å². The predicted octanol–water partition coefficient (Wildman–Crippen LogP) is 4.46. The van der Waals surface area contributed by atoms with Gasteiger partial charge in [0.2, 0.25) is 0 Å². The zero-order valence-electron chi connectivity index (χ0n) is 22.2. The van der Waals surface area contributed by atoms with E-state index in [-0.39, 0.29) is 31.1 Å². The van der Waals surface area contributed by atoms with Crippen molar-refractivity contribution in [2.45, 2.75) is 60.3 Å². The largest absolute Gasteiger partial charge is 0.466 e. The second-order valence-corrected chi connectivity index (χ2v) is 6.94. The second-order valence-electron chi connectivity index (χ2n) is 6.94. The van der Waals surface area contributed by atoms with Crippen molar-refractivity contribution in [2.24, 2.45) is 5.92 Å². The molecule has 9 nitrogen and oxygen atoms in total. The first-order valence-corrected chi connectivity index (χ1v) is 11.1. The topological polar surface area (TPSA) is 125 Å². The molecule has 0 rings (SSSR count). The molecule has 0 saturated carbocycles. The fourth-order valence-electron chi connectivity index (χ4n) is 1.71. The Bertz CT molecular complexity index is 651. The molecule has 0 fully saturated rings. The third-order valence-corrected chi connectivity index (χ3v) is 3.63.